The van der Waals surface area contributed by atoms with Crippen LogP contribution in [0.15, 0.2) is 18.2 Å². The molecular weight excluding hydrogens is 206 g/mol. The molecule has 0 aliphatic rings. The lowest BCUT2D eigenvalue weighted by Gasteiger charge is -2.11. The molecule has 0 spiro atoms. The zero-order chi connectivity index (χ0) is 11.7. The Bertz CT molecular complexity index is 531. The first-order chi connectivity index (χ1) is 7.58. The number of rotatable bonds is 2. The highest BCUT2D eigenvalue weighted by molar-refractivity contribution is 5.96. The first kappa shape index (κ1) is 10.6. The van der Waals surface area contributed by atoms with Gasteiger partial charge in [0.15, 0.2) is 0 Å². The summed E-state index contributed by atoms with van der Waals surface area (Å²) in [6, 6.07) is 5.31. The van der Waals surface area contributed by atoms with Gasteiger partial charge in [-0.3, -0.25) is 10.2 Å². The first-order valence-electron chi connectivity index (χ1n) is 4.85. The second-order valence-corrected chi connectivity index (χ2v) is 3.75. The molecule has 1 aromatic heterocycles. The number of aryl methyl sites for hydroxylation is 1. The highest BCUT2D eigenvalue weighted by Gasteiger charge is 2.09. The van der Waals surface area contributed by atoms with Crippen LogP contribution in [0, 0.1) is 0 Å². The Balaban J connectivity index is 2.36. The van der Waals surface area contributed by atoms with E-state index in [2.05, 4.69) is 15.7 Å². The number of hydrogen-bond acceptors (Lipinski definition) is 4. The van der Waals surface area contributed by atoms with E-state index in [1.165, 1.54) is 0 Å². The molecule has 0 saturated heterocycles. The van der Waals surface area contributed by atoms with Crippen molar-refractivity contribution in [2.45, 2.75) is 0 Å². The average Bonchev–Trinajstić information content (AvgIpc) is 2.59. The van der Waals surface area contributed by atoms with Crippen LogP contribution in [0.1, 0.15) is 10.4 Å². The quantitative estimate of drug-likeness (QED) is 0.732. The van der Waals surface area contributed by atoms with E-state index in [9.17, 15) is 4.79 Å². The van der Waals surface area contributed by atoms with Gasteiger partial charge >= 0.3 is 0 Å². The zero-order valence-electron chi connectivity index (χ0n) is 9.43. The molecule has 6 heteroatoms. The van der Waals surface area contributed by atoms with Gasteiger partial charge in [0.25, 0.3) is 5.91 Å². The Hall–Kier alpha value is -1.95. The van der Waals surface area contributed by atoms with E-state index in [4.69, 9.17) is 0 Å². The Kier molecular flexibility index (Phi) is 2.57. The first-order valence-corrected chi connectivity index (χ1v) is 4.85. The van der Waals surface area contributed by atoms with Crippen LogP contribution in [0.4, 0.5) is 0 Å². The molecule has 0 bridgehead atoms. The predicted octanol–water partition coefficient (Wildman–Crippen LogP) is 0.175. The van der Waals surface area contributed by atoms with Crippen LogP contribution in [0.25, 0.3) is 11.0 Å². The average molecular weight is 219 g/mol. The summed E-state index contributed by atoms with van der Waals surface area (Å²) in [6.07, 6.45) is 0. The molecule has 0 unspecified atom stereocenters. The van der Waals surface area contributed by atoms with Crippen molar-refractivity contribution in [1.29, 1.82) is 0 Å². The molecule has 6 nitrogen and oxygen atoms in total. The van der Waals surface area contributed by atoms with Gasteiger partial charge in [0.2, 0.25) is 0 Å². The summed E-state index contributed by atoms with van der Waals surface area (Å²) in [4.78, 5) is 11.7. The highest BCUT2D eigenvalue weighted by Crippen LogP contribution is 2.12. The molecule has 16 heavy (non-hydrogen) atoms. The number of carbonyl (C=O) groups excluding carboxylic acids is 1. The monoisotopic (exact) mass is 219 g/mol. The summed E-state index contributed by atoms with van der Waals surface area (Å²) < 4.78 is 1.67. The van der Waals surface area contributed by atoms with Crippen molar-refractivity contribution in [3.05, 3.63) is 23.8 Å². The summed E-state index contributed by atoms with van der Waals surface area (Å²) in [5.74, 6) is -0.155. The molecule has 0 saturated carbocycles. The Labute approximate surface area is 92.8 Å². The van der Waals surface area contributed by atoms with Crippen LogP contribution in [0.3, 0.4) is 0 Å². The van der Waals surface area contributed by atoms with Crippen LogP contribution in [-0.4, -0.2) is 40.0 Å². The second kappa shape index (κ2) is 3.90. The number of nitrogens with zero attached hydrogens (tertiary/aromatic N) is 4. The van der Waals surface area contributed by atoms with Gasteiger partial charge in [0, 0.05) is 26.7 Å². The van der Waals surface area contributed by atoms with E-state index in [0.29, 0.717) is 11.1 Å². The zero-order valence-corrected chi connectivity index (χ0v) is 9.43. The normalized spacial score (nSPS) is 11.0. The number of amides is 1. The summed E-state index contributed by atoms with van der Waals surface area (Å²) in [7, 11) is 5.34. The van der Waals surface area contributed by atoms with Crippen LogP contribution in [0.2, 0.25) is 0 Å². The maximum Gasteiger partial charge on any atom is 0.265 e. The third-order valence-corrected chi connectivity index (χ3v) is 2.20. The lowest BCUT2D eigenvalue weighted by molar-refractivity contribution is 0.0857. The Morgan fingerprint density at radius 1 is 1.44 bits per heavy atom. The molecule has 2 rings (SSSR count). The van der Waals surface area contributed by atoms with Gasteiger partial charge < -0.3 is 0 Å². The van der Waals surface area contributed by atoms with Crippen LogP contribution < -0.4 is 5.43 Å². The molecule has 0 aliphatic carbocycles. The number of nitrogens with one attached hydrogen (secondary N) is 1. The third-order valence-electron chi connectivity index (χ3n) is 2.20. The van der Waals surface area contributed by atoms with E-state index in [1.807, 2.05) is 13.1 Å². The van der Waals surface area contributed by atoms with Crippen molar-refractivity contribution in [3.8, 4) is 0 Å². The van der Waals surface area contributed by atoms with Crippen LogP contribution in [-0.2, 0) is 7.05 Å². The standard InChI is InChI=1S/C10H13N5O/c1-14(2)12-10(16)7-4-5-9-8(6-7)11-13-15(9)3/h4-6H,1-3H3,(H,12,16). The van der Waals surface area contributed by atoms with Gasteiger partial charge in [-0.15, -0.1) is 5.10 Å². The minimum absolute atomic E-state index is 0.155. The van der Waals surface area contributed by atoms with Gasteiger partial charge in [-0.25, -0.2) is 9.69 Å². The lowest BCUT2D eigenvalue weighted by Crippen LogP contribution is -2.36. The maximum atomic E-state index is 11.7. The fraction of sp³-hybridized carbons (Fsp3) is 0.300. The fourth-order valence-corrected chi connectivity index (χ4v) is 1.45. The summed E-state index contributed by atoms with van der Waals surface area (Å²) in [5.41, 5.74) is 4.86. The summed E-state index contributed by atoms with van der Waals surface area (Å²) in [6.45, 7) is 0. The second-order valence-electron chi connectivity index (χ2n) is 3.75. The maximum absolute atomic E-state index is 11.7. The minimum atomic E-state index is -0.155. The SMILES string of the molecule is CN(C)NC(=O)c1ccc2c(c1)nnn2C. The number of hydrazine groups is 1. The van der Waals surface area contributed by atoms with Crippen molar-refractivity contribution in [1.82, 2.24) is 25.4 Å². The molecule has 1 amide bonds. The predicted molar refractivity (Wildman–Crippen MR) is 59.7 cm³/mol. The van der Waals surface area contributed by atoms with E-state index in [-0.39, 0.29) is 5.91 Å². The van der Waals surface area contributed by atoms with E-state index < -0.39 is 0 Å². The molecule has 84 valence electrons. The number of hydrogen-bond donors (Lipinski definition) is 1. The summed E-state index contributed by atoms with van der Waals surface area (Å²) in [5, 5.41) is 9.44. The van der Waals surface area contributed by atoms with Crippen molar-refractivity contribution in [3.63, 3.8) is 0 Å². The van der Waals surface area contributed by atoms with Gasteiger partial charge in [-0.05, 0) is 18.2 Å². The molecule has 0 radical (unpaired) electrons. The van der Waals surface area contributed by atoms with Crippen LogP contribution in [0.5, 0.6) is 0 Å². The Morgan fingerprint density at radius 3 is 2.88 bits per heavy atom. The number of carbonyl (C=O) groups is 1. The molecular formula is C10H13N5O. The Morgan fingerprint density at radius 2 is 2.19 bits per heavy atom. The lowest BCUT2D eigenvalue weighted by atomic mass is 10.2. The minimum Gasteiger partial charge on any atom is -0.285 e. The molecule has 0 aliphatic heterocycles. The van der Waals surface area contributed by atoms with Crippen LogP contribution >= 0.6 is 0 Å². The highest BCUT2D eigenvalue weighted by atomic mass is 16.2. The smallest absolute Gasteiger partial charge is 0.265 e. The van der Waals surface area contributed by atoms with E-state index >= 15 is 0 Å². The van der Waals surface area contributed by atoms with Gasteiger partial charge in [-0.1, -0.05) is 5.21 Å². The largest absolute Gasteiger partial charge is 0.285 e. The number of benzene rings is 1. The third kappa shape index (κ3) is 1.87. The van der Waals surface area contributed by atoms with E-state index in [0.717, 1.165) is 5.52 Å². The summed E-state index contributed by atoms with van der Waals surface area (Å²) >= 11 is 0. The van der Waals surface area contributed by atoms with Crippen molar-refractivity contribution in [2.24, 2.45) is 7.05 Å². The van der Waals surface area contributed by atoms with E-state index in [1.54, 1.807) is 35.9 Å². The molecule has 1 heterocycles. The van der Waals surface area contributed by atoms with Crippen molar-refractivity contribution >= 4 is 16.9 Å². The number of aromatic nitrogens is 3. The van der Waals surface area contributed by atoms with Gasteiger partial charge in [0.05, 0.1) is 5.52 Å². The molecule has 0 atom stereocenters. The number of fused-ring (bicyclic) bond motifs is 1. The molecule has 0 fully saturated rings. The van der Waals surface area contributed by atoms with Crippen molar-refractivity contribution < 1.29 is 4.79 Å². The van der Waals surface area contributed by atoms with Gasteiger partial charge in [-0.2, -0.15) is 0 Å². The van der Waals surface area contributed by atoms with Crippen molar-refractivity contribution in [2.75, 3.05) is 14.1 Å². The van der Waals surface area contributed by atoms with Gasteiger partial charge in [0.1, 0.15) is 5.52 Å². The topological polar surface area (TPSA) is 63.1 Å². The molecule has 1 N–H and O–H groups in total. The fourth-order valence-electron chi connectivity index (χ4n) is 1.45. The molecule has 1 aromatic carbocycles. The molecule has 2 aromatic rings.